The second kappa shape index (κ2) is 8.68. The molecule has 1 N–H and O–H groups in total. The van der Waals surface area contributed by atoms with E-state index in [1.165, 1.54) is 0 Å². The molecule has 1 fully saturated rings. The minimum atomic E-state index is -0.278. The standard InChI is InChI=1S/C22H21ClN2O4/c1-27-20-7-3-2-6-18(20)25-22-17(21(26)24-13-16-5-4-10-28-16)12-14-11-15(23)8-9-19(14)29-22/h2-3,6-9,11-12,16H,4-5,10,13H2,1H3,(H,24,26). The predicted molar refractivity (Wildman–Crippen MR) is 111 cm³/mol. The summed E-state index contributed by atoms with van der Waals surface area (Å²) in [4.78, 5) is 17.5. The number of methoxy groups -OCH3 is 1. The van der Waals surface area contributed by atoms with Gasteiger partial charge >= 0.3 is 0 Å². The topological polar surface area (TPSA) is 73.1 Å². The van der Waals surface area contributed by atoms with E-state index < -0.39 is 0 Å². The zero-order chi connectivity index (χ0) is 20.2. The Hall–Kier alpha value is -2.83. The third-order valence-electron chi connectivity index (χ3n) is 4.77. The summed E-state index contributed by atoms with van der Waals surface area (Å²) in [6.07, 6.45) is 2.00. The van der Waals surface area contributed by atoms with Gasteiger partial charge in [0.2, 0.25) is 5.55 Å². The molecule has 1 unspecified atom stereocenters. The molecule has 0 radical (unpaired) electrons. The van der Waals surface area contributed by atoms with Crippen molar-refractivity contribution in [3.8, 4) is 5.75 Å². The van der Waals surface area contributed by atoms with Crippen LogP contribution in [0.1, 0.15) is 23.2 Å². The van der Waals surface area contributed by atoms with Crippen molar-refractivity contribution >= 4 is 34.2 Å². The Labute approximate surface area is 173 Å². The van der Waals surface area contributed by atoms with Gasteiger partial charge in [-0.3, -0.25) is 4.79 Å². The first kappa shape index (κ1) is 19.5. The minimum absolute atomic E-state index is 0.0420. The first-order valence-electron chi connectivity index (χ1n) is 9.45. The molecule has 2 aromatic carbocycles. The second-order valence-corrected chi connectivity index (χ2v) is 7.21. The van der Waals surface area contributed by atoms with Crippen LogP contribution in [0.4, 0.5) is 5.69 Å². The number of para-hydroxylation sites is 2. The molecular weight excluding hydrogens is 392 g/mol. The fraction of sp³-hybridized carbons (Fsp3) is 0.273. The maximum atomic E-state index is 12.9. The number of rotatable bonds is 5. The van der Waals surface area contributed by atoms with Crippen LogP contribution < -0.4 is 15.6 Å². The van der Waals surface area contributed by atoms with Gasteiger partial charge in [0, 0.05) is 23.6 Å². The fourth-order valence-corrected chi connectivity index (χ4v) is 3.47. The van der Waals surface area contributed by atoms with E-state index in [4.69, 9.17) is 25.5 Å². The van der Waals surface area contributed by atoms with Crippen LogP contribution in [-0.4, -0.2) is 32.3 Å². The summed E-state index contributed by atoms with van der Waals surface area (Å²) in [5.41, 5.74) is 1.68. The number of hydrogen-bond donors (Lipinski definition) is 1. The van der Waals surface area contributed by atoms with Crippen molar-refractivity contribution < 1.29 is 18.7 Å². The summed E-state index contributed by atoms with van der Waals surface area (Å²) in [6.45, 7) is 1.18. The second-order valence-electron chi connectivity index (χ2n) is 6.78. The number of amides is 1. The van der Waals surface area contributed by atoms with Crippen LogP contribution in [0, 0.1) is 0 Å². The molecule has 29 heavy (non-hydrogen) atoms. The first-order chi connectivity index (χ1) is 14.1. The maximum absolute atomic E-state index is 12.9. The van der Waals surface area contributed by atoms with Crippen molar-refractivity contribution in [2.24, 2.45) is 4.99 Å². The van der Waals surface area contributed by atoms with E-state index >= 15 is 0 Å². The van der Waals surface area contributed by atoms with Crippen molar-refractivity contribution in [1.29, 1.82) is 0 Å². The number of ether oxygens (including phenoxy) is 2. The van der Waals surface area contributed by atoms with Gasteiger partial charge in [-0.15, -0.1) is 0 Å². The molecule has 6 nitrogen and oxygen atoms in total. The van der Waals surface area contributed by atoms with Crippen LogP contribution in [0.15, 0.2) is 57.9 Å². The van der Waals surface area contributed by atoms with Gasteiger partial charge in [-0.1, -0.05) is 23.7 Å². The third-order valence-corrected chi connectivity index (χ3v) is 5.01. The Morgan fingerprint density at radius 3 is 2.93 bits per heavy atom. The van der Waals surface area contributed by atoms with Gasteiger partial charge in [0.05, 0.1) is 13.2 Å². The fourth-order valence-electron chi connectivity index (χ4n) is 3.29. The number of hydrogen-bond acceptors (Lipinski definition) is 5. The number of carbonyl (C=O) groups excluding carboxylic acids is 1. The molecule has 2 heterocycles. The van der Waals surface area contributed by atoms with Crippen molar-refractivity contribution in [2.45, 2.75) is 18.9 Å². The van der Waals surface area contributed by atoms with Gasteiger partial charge in [0.1, 0.15) is 22.6 Å². The number of halogens is 1. The van der Waals surface area contributed by atoms with E-state index in [-0.39, 0.29) is 17.6 Å². The monoisotopic (exact) mass is 412 g/mol. The lowest BCUT2D eigenvalue weighted by atomic mass is 10.1. The van der Waals surface area contributed by atoms with E-state index in [0.717, 1.165) is 24.8 Å². The highest BCUT2D eigenvalue weighted by Gasteiger charge is 2.19. The molecule has 1 aliphatic rings. The lowest BCUT2D eigenvalue weighted by Gasteiger charge is -2.11. The molecule has 0 aliphatic carbocycles. The number of nitrogens with zero attached hydrogens (tertiary/aromatic N) is 1. The molecule has 1 amide bonds. The molecular formula is C22H21ClN2O4. The molecule has 0 saturated carbocycles. The average molecular weight is 413 g/mol. The minimum Gasteiger partial charge on any atom is -0.494 e. The molecule has 4 rings (SSSR count). The predicted octanol–water partition coefficient (Wildman–Crippen LogP) is 4.24. The number of fused-ring (bicyclic) bond motifs is 1. The normalized spacial score (nSPS) is 16.9. The highest BCUT2D eigenvalue weighted by atomic mass is 35.5. The number of nitrogens with one attached hydrogen (secondary N) is 1. The Kier molecular flexibility index (Phi) is 5.83. The summed E-state index contributed by atoms with van der Waals surface area (Å²) < 4.78 is 16.9. The molecule has 150 valence electrons. The van der Waals surface area contributed by atoms with Crippen LogP contribution >= 0.6 is 11.6 Å². The summed E-state index contributed by atoms with van der Waals surface area (Å²) in [6, 6.07) is 14.3. The number of carbonyl (C=O) groups is 1. The highest BCUT2D eigenvalue weighted by molar-refractivity contribution is 6.31. The van der Waals surface area contributed by atoms with Gasteiger partial charge in [-0.05, 0) is 49.2 Å². The SMILES string of the molecule is COc1ccccc1N=c1oc2ccc(Cl)cc2cc1C(=O)NCC1CCCO1. The summed E-state index contributed by atoms with van der Waals surface area (Å²) in [5, 5.41) is 4.21. The van der Waals surface area contributed by atoms with Crippen LogP contribution in [0.25, 0.3) is 11.0 Å². The summed E-state index contributed by atoms with van der Waals surface area (Å²) in [5.74, 6) is 0.310. The highest BCUT2D eigenvalue weighted by Crippen LogP contribution is 2.26. The maximum Gasteiger partial charge on any atom is 0.256 e. The molecule has 0 spiro atoms. The van der Waals surface area contributed by atoms with Crippen LogP contribution in [0.3, 0.4) is 0 Å². The Morgan fingerprint density at radius 2 is 2.14 bits per heavy atom. The molecule has 7 heteroatoms. The van der Waals surface area contributed by atoms with E-state index in [1.807, 2.05) is 12.1 Å². The third kappa shape index (κ3) is 4.44. The van der Waals surface area contributed by atoms with E-state index in [2.05, 4.69) is 10.3 Å². The van der Waals surface area contributed by atoms with Crippen LogP contribution in [-0.2, 0) is 4.74 Å². The lowest BCUT2D eigenvalue weighted by molar-refractivity contribution is 0.0854. The Bertz CT molecular complexity index is 1100. The molecule has 3 aromatic rings. The lowest BCUT2D eigenvalue weighted by Crippen LogP contribution is -2.34. The molecule has 1 saturated heterocycles. The largest absolute Gasteiger partial charge is 0.494 e. The van der Waals surface area contributed by atoms with Crippen LogP contribution in [0.5, 0.6) is 5.75 Å². The molecule has 1 aliphatic heterocycles. The van der Waals surface area contributed by atoms with E-state index in [9.17, 15) is 4.79 Å². The van der Waals surface area contributed by atoms with Gasteiger partial charge in [-0.2, -0.15) is 0 Å². The van der Waals surface area contributed by atoms with Gasteiger partial charge in [0.15, 0.2) is 0 Å². The molecule has 1 atom stereocenters. The van der Waals surface area contributed by atoms with Crippen molar-refractivity contribution in [1.82, 2.24) is 5.32 Å². The Morgan fingerprint density at radius 1 is 1.28 bits per heavy atom. The summed E-state index contributed by atoms with van der Waals surface area (Å²) >= 11 is 6.11. The van der Waals surface area contributed by atoms with E-state index in [0.29, 0.717) is 34.2 Å². The van der Waals surface area contributed by atoms with E-state index in [1.54, 1.807) is 43.5 Å². The smallest absolute Gasteiger partial charge is 0.256 e. The molecule has 0 bridgehead atoms. The van der Waals surface area contributed by atoms with Gasteiger partial charge in [-0.25, -0.2) is 4.99 Å². The summed E-state index contributed by atoms with van der Waals surface area (Å²) in [7, 11) is 1.57. The quantitative estimate of drug-likeness (QED) is 0.680. The zero-order valence-electron chi connectivity index (χ0n) is 16.0. The number of benzene rings is 2. The van der Waals surface area contributed by atoms with Crippen molar-refractivity contribution in [2.75, 3.05) is 20.3 Å². The van der Waals surface area contributed by atoms with Gasteiger partial charge in [0.25, 0.3) is 5.91 Å². The van der Waals surface area contributed by atoms with Gasteiger partial charge < -0.3 is 19.2 Å². The average Bonchev–Trinajstić information content (AvgIpc) is 3.26. The Balaban J connectivity index is 1.78. The molecule has 1 aromatic heterocycles. The van der Waals surface area contributed by atoms with Crippen molar-refractivity contribution in [3.63, 3.8) is 0 Å². The first-order valence-corrected chi connectivity index (χ1v) is 9.83. The van der Waals surface area contributed by atoms with Crippen LogP contribution in [0.2, 0.25) is 5.02 Å². The zero-order valence-corrected chi connectivity index (χ0v) is 16.7. The van der Waals surface area contributed by atoms with Crippen molar-refractivity contribution in [3.05, 3.63) is 64.7 Å².